The zero-order valence-corrected chi connectivity index (χ0v) is 13.1. The fraction of sp³-hybridized carbons (Fsp3) is 0.294. The van der Waals surface area contributed by atoms with E-state index in [1.165, 1.54) is 0 Å². The van der Waals surface area contributed by atoms with Crippen LogP contribution in [0.1, 0.15) is 11.5 Å². The normalized spacial score (nSPS) is 11.0. The monoisotopic (exact) mass is 312 g/mol. The van der Waals surface area contributed by atoms with E-state index in [0.717, 1.165) is 22.4 Å². The Hall–Kier alpha value is -2.60. The van der Waals surface area contributed by atoms with Crippen LogP contribution in [0.2, 0.25) is 0 Å². The van der Waals surface area contributed by atoms with E-state index in [1.54, 1.807) is 11.1 Å². The van der Waals surface area contributed by atoms with Gasteiger partial charge in [-0.25, -0.2) is 4.98 Å². The number of imidazole rings is 1. The van der Waals surface area contributed by atoms with Crippen LogP contribution in [0.3, 0.4) is 0 Å². The van der Waals surface area contributed by atoms with Crippen molar-refractivity contribution in [3.8, 4) is 0 Å². The maximum atomic E-state index is 12.6. The lowest BCUT2D eigenvalue weighted by atomic mass is 10.2. The largest absolute Gasteiger partial charge is 0.395 e. The van der Waals surface area contributed by atoms with Crippen molar-refractivity contribution in [1.29, 1.82) is 0 Å². The van der Waals surface area contributed by atoms with E-state index >= 15 is 0 Å². The molecular weight excluding hydrogens is 292 g/mol. The fourth-order valence-electron chi connectivity index (χ4n) is 2.69. The number of carbonyl (C=O) groups is 1. The van der Waals surface area contributed by atoms with Gasteiger partial charge in [0.1, 0.15) is 12.4 Å². The number of aromatic amines is 1. The van der Waals surface area contributed by atoms with Crippen LogP contribution < -0.4 is 0 Å². The van der Waals surface area contributed by atoms with E-state index in [0.29, 0.717) is 13.1 Å². The van der Waals surface area contributed by atoms with Crippen LogP contribution in [0.4, 0.5) is 0 Å². The predicted octanol–water partition coefficient (Wildman–Crippen LogP) is 1.69. The Balaban J connectivity index is 1.75. The molecule has 0 saturated carbocycles. The molecule has 0 saturated heterocycles. The third-order valence-corrected chi connectivity index (χ3v) is 3.83. The van der Waals surface area contributed by atoms with Gasteiger partial charge in [0.05, 0.1) is 25.0 Å². The standard InChI is InChI=1S/C17H20N4O2/c1-13-18-10-15(19-13)11-21(8-9-22)17(23)12-20-7-6-14-4-2-3-5-16(14)20/h2-7,10,22H,8-9,11-12H2,1H3,(H,18,19). The number of nitrogens with zero attached hydrogens (tertiary/aromatic N) is 3. The van der Waals surface area contributed by atoms with Crippen molar-refractivity contribution < 1.29 is 9.90 Å². The zero-order valence-electron chi connectivity index (χ0n) is 13.1. The van der Waals surface area contributed by atoms with E-state index in [2.05, 4.69) is 9.97 Å². The lowest BCUT2D eigenvalue weighted by Gasteiger charge is -2.21. The van der Waals surface area contributed by atoms with Crippen molar-refractivity contribution in [3.63, 3.8) is 0 Å². The van der Waals surface area contributed by atoms with Gasteiger partial charge >= 0.3 is 0 Å². The number of hydrogen-bond acceptors (Lipinski definition) is 3. The maximum absolute atomic E-state index is 12.6. The molecule has 0 bridgehead atoms. The molecular formula is C17H20N4O2. The summed E-state index contributed by atoms with van der Waals surface area (Å²) < 4.78 is 1.93. The number of fused-ring (bicyclic) bond motifs is 1. The number of aliphatic hydroxyl groups excluding tert-OH is 1. The quantitative estimate of drug-likeness (QED) is 0.727. The van der Waals surface area contributed by atoms with Gasteiger partial charge in [-0.05, 0) is 24.4 Å². The van der Waals surface area contributed by atoms with Crippen LogP contribution in [-0.2, 0) is 17.9 Å². The highest BCUT2D eigenvalue weighted by Gasteiger charge is 2.16. The molecule has 0 unspecified atom stereocenters. The third kappa shape index (κ3) is 3.43. The lowest BCUT2D eigenvalue weighted by molar-refractivity contribution is -0.133. The lowest BCUT2D eigenvalue weighted by Crippen LogP contribution is -2.35. The fourth-order valence-corrected chi connectivity index (χ4v) is 2.69. The summed E-state index contributed by atoms with van der Waals surface area (Å²) in [5.74, 6) is 0.778. The van der Waals surface area contributed by atoms with E-state index in [4.69, 9.17) is 0 Å². The Kier molecular flexibility index (Phi) is 4.43. The number of hydrogen-bond donors (Lipinski definition) is 2. The molecule has 0 aliphatic rings. The second-order valence-corrected chi connectivity index (χ2v) is 5.54. The molecule has 6 heteroatoms. The van der Waals surface area contributed by atoms with Crippen LogP contribution in [0, 0.1) is 6.92 Å². The molecule has 3 rings (SSSR count). The first-order valence-electron chi connectivity index (χ1n) is 7.60. The van der Waals surface area contributed by atoms with Crippen LogP contribution in [0.5, 0.6) is 0 Å². The Morgan fingerprint density at radius 3 is 2.91 bits per heavy atom. The molecule has 0 aliphatic carbocycles. The van der Waals surface area contributed by atoms with Gasteiger partial charge in [0.15, 0.2) is 0 Å². The average Bonchev–Trinajstić information content (AvgIpc) is 3.14. The molecule has 1 aromatic carbocycles. The Morgan fingerprint density at radius 2 is 2.17 bits per heavy atom. The molecule has 0 aliphatic heterocycles. The van der Waals surface area contributed by atoms with Crippen LogP contribution in [0.25, 0.3) is 10.9 Å². The van der Waals surface area contributed by atoms with Gasteiger partial charge in [-0.2, -0.15) is 0 Å². The van der Waals surface area contributed by atoms with Crippen molar-refractivity contribution in [3.05, 3.63) is 54.2 Å². The summed E-state index contributed by atoms with van der Waals surface area (Å²) in [6.07, 6.45) is 3.64. The molecule has 2 N–H and O–H groups in total. The Labute approximate surface area is 134 Å². The number of aryl methyl sites for hydroxylation is 1. The van der Waals surface area contributed by atoms with Crippen LogP contribution in [-0.4, -0.2) is 43.6 Å². The summed E-state index contributed by atoms with van der Waals surface area (Å²) in [5, 5.41) is 10.3. The molecule has 0 fully saturated rings. The third-order valence-electron chi connectivity index (χ3n) is 3.83. The number of benzene rings is 1. The number of rotatable bonds is 6. The average molecular weight is 312 g/mol. The SMILES string of the molecule is Cc1ncc(CN(CCO)C(=O)Cn2ccc3ccccc32)[nH]1. The number of H-pyrrole nitrogens is 1. The van der Waals surface area contributed by atoms with Gasteiger partial charge in [-0.1, -0.05) is 18.2 Å². The Morgan fingerprint density at radius 1 is 1.35 bits per heavy atom. The smallest absolute Gasteiger partial charge is 0.242 e. The number of amides is 1. The second-order valence-electron chi connectivity index (χ2n) is 5.54. The molecule has 2 heterocycles. The molecule has 2 aromatic heterocycles. The highest BCUT2D eigenvalue weighted by Crippen LogP contribution is 2.15. The number of carbonyl (C=O) groups excluding carboxylic acids is 1. The molecule has 0 radical (unpaired) electrons. The summed E-state index contributed by atoms with van der Waals surface area (Å²) in [6, 6.07) is 9.96. The van der Waals surface area contributed by atoms with Crippen molar-refractivity contribution in [1.82, 2.24) is 19.4 Å². The van der Waals surface area contributed by atoms with Crippen molar-refractivity contribution >= 4 is 16.8 Å². The van der Waals surface area contributed by atoms with E-state index in [-0.39, 0.29) is 19.1 Å². The molecule has 0 spiro atoms. The topological polar surface area (TPSA) is 74.2 Å². The van der Waals surface area contributed by atoms with Gasteiger partial charge in [-0.15, -0.1) is 0 Å². The van der Waals surface area contributed by atoms with Crippen LogP contribution >= 0.6 is 0 Å². The van der Waals surface area contributed by atoms with Gasteiger partial charge < -0.3 is 19.6 Å². The number of aromatic nitrogens is 3. The summed E-state index contributed by atoms with van der Waals surface area (Å²) in [4.78, 5) is 21.5. The van der Waals surface area contributed by atoms with Gasteiger partial charge in [0.25, 0.3) is 0 Å². The summed E-state index contributed by atoms with van der Waals surface area (Å²) in [5.41, 5.74) is 1.89. The highest BCUT2D eigenvalue weighted by molar-refractivity contribution is 5.83. The Bertz CT molecular complexity index is 806. The van der Waals surface area contributed by atoms with Gasteiger partial charge in [-0.3, -0.25) is 4.79 Å². The van der Waals surface area contributed by atoms with E-state index in [1.807, 2.05) is 48.0 Å². The minimum atomic E-state index is -0.0642. The second kappa shape index (κ2) is 6.66. The first-order chi connectivity index (χ1) is 11.2. The van der Waals surface area contributed by atoms with Gasteiger partial charge in [0.2, 0.25) is 5.91 Å². The number of nitrogens with one attached hydrogen (secondary N) is 1. The minimum Gasteiger partial charge on any atom is -0.395 e. The van der Waals surface area contributed by atoms with E-state index < -0.39 is 0 Å². The number of aliphatic hydroxyl groups is 1. The summed E-state index contributed by atoms with van der Waals surface area (Å²) >= 11 is 0. The van der Waals surface area contributed by atoms with E-state index in [9.17, 15) is 9.90 Å². The zero-order chi connectivity index (χ0) is 16.2. The molecule has 120 valence electrons. The minimum absolute atomic E-state index is 0.0346. The van der Waals surface area contributed by atoms with Crippen molar-refractivity contribution in [2.45, 2.75) is 20.0 Å². The first-order valence-corrected chi connectivity index (χ1v) is 7.60. The number of para-hydroxylation sites is 1. The molecule has 6 nitrogen and oxygen atoms in total. The van der Waals surface area contributed by atoms with Crippen molar-refractivity contribution in [2.75, 3.05) is 13.2 Å². The molecule has 1 amide bonds. The predicted molar refractivity (Wildman–Crippen MR) is 87.8 cm³/mol. The highest BCUT2D eigenvalue weighted by atomic mass is 16.3. The summed E-state index contributed by atoms with van der Waals surface area (Å²) in [6.45, 7) is 2.77. The molecule has 3 aromatic rings. The van der Waals surface area contributed by atoms with Crippen molar-refractivity contribution in [2.24, 2.45) is 0 Å². The first kappa shape index (κ1) is 15.3. The molecule has 0 atom stereocenters. The van der Waals surface area contributed by atoms with Gasteiger partial charge in [0, 0.05) is 18.3 Å². The maximum Gasteiger partial charge on any atom is 0.242 e. The van der Waals surface area contributed by atoms with Crippen LogP contribution in [0.15, 0.2) is 42.7 Å². The summed E-state index contributed by atoms with van der Waals surface area (Å²) in [7, 11) is 0. The molecule has 23 heavy (non-hydrogen) atoms.